The molecule has 3 N–H and O–H groups in total. The van der Waals surface area contributed by atoms with Gasteiger partial charge in [-0.3, -0.25) is 14.5 Å². The number of para-hydroxylation sites is 1. The summed E-state index contributed by atoms with van der Waals surface area (Å²) in [6, 6.07) is 7.01. The summed E-state index contributed by atoms with van der Waals surface area (Å²) in [5.74, 6) is -1.32. The summed E-state index contributed by atoms with van der Waals surface area (Å²) < 4.78 is 2.39. The van der Waals surface area contributed by atoms with Crippen LogP contribution in [0.1, 0.15) is 0 Å². The minimum atomic E-state index is -1.16. The smallest absolute Gasteiger partial charge is 0.352 e. The van der Waals surface area contributed by atoms with Crippen LogP contribution in [0.5, 0.6) is 0 Å². The molecule has 0 aliphatic carbocycles. The quantitative estimate of drug-likeness (QED) is 0.239. The number of β-lactam (4-membered cyclic amide) rings is 1. The molecule has 2 amide bonds. The Bertz CT molecular complexity index is 1180. The second-order valence-electron chi connectivity index (χ2n) is 8.84. The summed E-state index contributed by atoms with van der Waals surface area (Å²) in [7, 11) is 3.94. The minimum Gasteiger partial charge on any atom is -0.477 e. The molecule has 0 unspecified atom stereocenters. The van der Waals surface area contributed by atoms with Crippen LogP contribution in [0.15, 0.2) is 52.0 Å². The number of fused-ring (bicyclic) bond motifs is 2. The van der Waals surface area contributed by atoms with Crippen molar-refractivity contribution in [2.24, 2.45) is 0 Å². The number of thioether (sulfide) groups is 2. The number of hydrogen-bond donors (Lipinski definition) is 3. The Labute approximate surface area is 215 Å². The highest BCUT2D eigenvalue weighted by atomic mass is 32.2. The van der Waals surface area contributed by atoms with Crippen LogP contribution < -0.4 is 5.32 Å². The number of aliphatic hydroxyl groups is 1. The van der Waals surface area contributed by atoms with E-state index in [1.54, 1.807) is 6.08 Å². The average molecular weight is 536 g/mol. The molecular weight excluding hydrogens is 508 g/mol. The van der Waals surface area contributed by atoms with Crippen LogP contribution in [-0.4, -0.2) is 99.1 Å². The number of quaternary nitrogens is 1. The molecular formula is C23H27N4O5S3+. The van der Waals surface area contributed by atoms with E-state index in [0.717, 1.165) is 14.6 Å². The monoisotopic (exact) mass is 535 g/mol. The van der Waals surface area contributed by atoms with Crippen molar-refractivity contribution < 1.29 is 29.1 Å². The Morgan fingerprint density at radius 2 is 2.11 bits per heavy atom. The lowest BCUT2D eigenvalue weighted by molar-refractivity contribution is -0.884. The van der Waals surface area contributed by atoms with Crippen LogP contribution in [0, 0.1) is 0 Å². The van der Waals surface area contributed by atoms with E-state index in [1.165, 1.54) is 39.8 Å². The fourth-order valence-corrected chi connectivity index (χ4v) is 7.07. The topological polar surface area (TPSA) is 120 Å². The van der Waals surface area contributed by atoms with Crippen LogP contribution in [-0.2, 0) is 14.4 Å². The van der Waals surface area contributed by atoms with E-state index in [4.69, 9.17) is 5.11 Å². The molecule has 186 valence electrons. The first kappa shape index (κ1) is 25.7. The second-order valence-corrected chi connectivity index (χ2v) is 12.2. The number of carboxylic acid groups (broad SMARTS) is 1. The number of hydrogen-bond acceptors (Lipinski definition) is 8. The Hall–Kier alpha value is -2.38. The molecule has 2 aliphatic rings. The molecule has 1 fully saturated rings. The Morgan fingerprint density at radius 3 is 2.83 bits per heavy atom. The summed E-state index contributed by atoms with van der Waals surface area (Å²) in [6.07, 6.45) is 3.62. The number of carbonyl (C=O) groups is 3. The summed E-state index contributed by atoms with van der Waals surface area (Å²) in [4.78, 5) is 43.1. The van der Waals surface area contributed by atoms with E-state index in [2.05, 4.69) is 10.3 Å². The van der Waals surface area contributed by atoms with Crippen molar-refractivity contribution in [1.29, 1.82) is 0 Å². The van der Waals surface area contributed by atoms with Crippen molar-refractivity contribution in [3.05, 3.63) is 47.7 Å². The van der Waals surface area contributed by atoms with E-state index < -0.39 is 23.3 Å². The number of allylic oxidation sites excluding steroid dienone is 1. The van der Waals surface area contributed by atoms with Gasteiger partial charge in [-0.05, 0) is 23.8 Å². The molecule has 2 aliphatic heterocycles. The highest BCUT2D eigenvalue weighted by Crippen LogP contribution is 2.40. The number of carboxylic acids is 1. The third-order valence-electron chi connectivity index (χ3n) is 5.74. The number of rotatable bonds is 10. The lowest BCUT2D eigenvalue weighted by Crippen LogP contribution is -2.70. The van der Waals surface area contributed by atoms with Gasteiger partial charge in [-0.2, -0.15) is 0 Å². The maximum atomic E-state index is 12.8. The first-order valence-electron chi connectivity index (χ1n) is 11.0. The lowest BCUT2D eigenvalue weighted by Gasteiger charge is -2.49. The fraction of sp³-hybridized carbons (Fsp3) is 0.391. The summed E-state index contributed by atoms with van der Waals surface area (Å²) in [6.45, 7) is 1.26. The number of likely N-dealkylation sites (N-methyl/N-ethyl adjacent to an activating group) is 1. The molecule has 1 saturated heterocycles. The van der Waals surface area contributed by atoms with Crippen molar-refractivity contribution in [1.82, 2.24) is 15.2 Å². The van der Waals surface area contributed by atoms with Gasteiger partial charge in [0, 0.05) is 5.75 Å². The fourth-order valence-electron chi connectivity index (χ4n) is 3.87. The predicted molar refractivity (Wildman–Crippen MR) is 138 cm³/mol. The van der Waals surface area contributed by atoms with E-state index >= 15 is 0 Å². The Kier molecular flexibility index (Phi) is 7.86. The van der Waals surface area contributed by atoms with E-state index in [9.17, 15) is 19.5 Å². The number of aromatic nitrogens is 1. The largest absolute Gasteiger partial charge is 0.477 e. The Balaban J connectivity index is 1.37. The minimum absolute atomic E-state index is 0.0307. The maximum absolute atomic E-state index is 12.8. The van der Waals surface area contributed by atoms with Gasteiger partial charge in [0.05, 0.1) is 43.2 Å². The molecule has 9 nitrogen and oxygen atoms in total. The van der Waals surface area contributed by atoms with Crippen LogP contribution in [0.25, 0.3) is 10.2 Å². The van der Waals surface area contributed by atoms with Gasteiger partial charge in [0.1, 0.15) is 23.7 Å². The third kappa shape index (κ3) is 5.72. The number of carbonyl (C=O) groups excluding carboxylic acids is 2. The molecule has 2 atom stereocenters. The van der Waals surface area contributed by atoms with E-state index in [-0.39, 0.29) is 24.0 Å². The highest BCUT2D eigenvalue weighted by molar-refractivity contribution is 8.01. The molecule has 1 aromatic carbocycles. The molecule has 12 heteroatoms. The number of nitrogens with one attached hydrogen (secondary N) is 1. The summed E-state index contributed by atoms with van der Waals surface area (Å²) >= 11 is 4.27. The number of nitrogens with zero attached hydrogens (tertiary/aromatic N) is 3. The first-order valence-corrected chi connectivity index (χ1v) is 13.8. The third-order valence-corrected chi connectivity index (χ3v) is 9.22. The zero-order valence-corrected chi connectivity index (χ0v) is 21.8. The van der Waals surface area contributed by atoms with Crippen molar-refractivity contribution in [3.8, 4) is 0 Å². The number of amides is 2. The SMILES string of the molecule is C[N+](C)(CC=CC1=C(C(=O)O)N2C(=O)[C@@H](NC(=O)CSc3nc4ccccc4s3)[C@H]2SC1)CCO. The van der Waals surface area contributed by atoms with E-state index in [1.807, 2.05) is 44.4 Å². The molecule has 0 bridgehead atoms. The molecule has 3 heterocycles. The van der Waals surface area contributed by atoms with Gasteiger partial charge in [0.25, 0.3) is 5.91 Å². The predicted octanol–water partition coefficient (Wildman–Crippen LogP) is 1.75. The molecule has 2 aromatic rings. The van der Waals surface area contributed by atoms with Crippen LogP contribution in [0.2, 0.25) is 0 Å². The highest BCUT2D eigenvalue weighted by Gasteiger charge is 2.53. The molecule has 4 rings (SSSR count). The zero-order chi connectivity index (χ0) is 25.2. The van der Waals surface area contributed by atoms with Gasteiger partial charge in [0.2, 0.25) is 5.91 Å². The van der Waals surface area contributed by atoms with Gasteiger partial charge in [-0.15, -0.1) is 23.1 Å². The molecule has 0 saturated carbocycles. The van der Waals surface area contributed by atoms with Crippen LogP contribution in [0.3, 0.4) is 0 Å². The van der Waals surface area contributed by atoms with Crippen molar-refractivity contribution in [2.45, 2.75) is 15.8 Å². The van der Waals surface area contributed by atoms with Crippen molar-refractivity contribution >= 4 is 62.9 Å². The number of aliphatic carboxylic acids is 1. The van der Waals surface area contributed by atoms with Gasteiger partial charge >= 0.3 is 5.97 Å². The maximum Gasteiger partial charge on any atom is 0.352 e. The van der Waals surface area contributed by atoms with Crippen LogP contribution in [0.4, 0.5) is 0 Å². The molecule has 35 heavy (non-hydrogen) atoms. The Morgan fingerprint density at radius 1 is 1.34 bits per heavy atom. The average Bonchev–Trinajstić information content (AvgIpc) is 3.23. The lowest BCUT2D eigenvalue weighted by atomic mass is 10.0. The number of benzene rings is 1. The summed E-state index contributed by atoms with van der Waals surface area (Å²) in [5, 5.41) is 21.3. The molecule has 1 aromatic heterocycles. The van der Waals surface area contributed by atoms with Crippen molar-refractivity contribution in [2.75, 3.05) is 45.3 Å². The summed E-state index contributed by atoms with van der Waals surface area (Å²) in [5.41, 5.74) is 1.42. The zero-order valence-electron chi connectivity index (χ0n) is 19.3. The normalized spacial score (nSPS) is 20.3. The number of thiazole rings is 1. The standard InChI is InChI=1S/C23H26N4O5S3/c1-27(2,10-11-28)9-5-6-14-12-33-21-18(20(30)26(21)19(14)22(31)32)25-17(29)13-34-23-24-15-7-3-4-8-16(15)35-23/h3-8,18,21,28H,9-13H2,1-2H3,(H-,25,29,31,32)/p+1/t18-,21-/m1/s1. The van der Waals surface area contributed by atoms with Gasteiger partial charge in [-0.1, -0.05) is 30.0 Å². The second kappa shape index (κ2) is 10.7. The molecule has 0 spiro atoms. The van der Waals surface area contributed by atoms with E-state index in [0.29, 0.717) is 28.9 Å². The van der Waals surface area contributed by atoms with Crippen molar-refractivity contribution in [3.63, 3.8) is 0 Å². The van der Waals surface area contributed by atoms with Gasteiger partial charge in [-0.25, -0.2) is 9.78 Å². The van der Waals surface area contributed by atoms with Gasteiger partial charge < -0.3 is 20.0 Å². The molecule has 0 radical (unpaired) electrons. The van der Waals surface area contributed by atoms with Crippen LogP contribution >= 0.6 is 34.9 Å². The van der Waals surface area contributed by atoms with Gasteiger partial charge in [0.15, 0.2) is 4.34 Å². The number of aliphatic hydroxyl groups excluding tert-OH is 1. The first-order chi connectivity index (χ1) is 16.7.